The number of rotatable bonds is 4. The molecule has 21 heavy (non-hydrogen) atoms. The van der Waals surface area contributed by atoms with Gasteiger partial charge in [0.2, 0.25) is 0 Å². The van der Waals surface area contributed by atoms with Gasteiger partial charge in [-0.2, -0.15) is 0 Å². The fraction of sp³-hybridized carbons (Fsp3) is 0.500. The third kappa shape index (κ3) is 2.57. The minimum atomic E-state index is 0.282. The summed E-state index contributed by atoms with van der Waals surface area (Å²) in [5, 5.41) is 0. The van der Waals surface area contributed by atoms with Crippen LogP contribution >= 0.6 is 0 Å². The van der Waals surface area contributed by atoms with Crippen LogP contribution in [0.15, 0.2) is 23.8 Å². The molecule has 0 amide bonds. The maximum Gasteiger partial charge on any atom is 0.163 e. The van der Waals surface area contributed by atoms with E-state index in [1.807, 2.05) is 18.2 Å². The lowest BCUT2D eigenvalue weighted by atomic mass is 9.91. The standard InChI is InChI=1S/C18H22O3/c1-20-16-10-7-13(11-17(16)21-2)18-14(8-9-15(18)19)12-5-3-4-6-12/h7,10-12H,3-6,8-9H2,1-2H3. The SMILES string of the molecule is COc1ccc(C2=C(C3CCCC3)CCC2=O)cc1OC. The second-order valence-electron chi connectivity index (χ2n) is 5.87. The Morgan fingerprint density at radius 1 is 1.00 bits per heavy atom. The quantitative estimate of drug-likeness (QED) is 0.839. The third-order valence-corrected chi connectivity index (χ3v) is 4.74. The van der Waals surface area contributed by atoms with Crippen molar-refractivity contribution < 1.29 is 14.3 Å². The number of methoxy groups -OCH3 is 2. The molecule has 0 radical (unpaired) electrons. The Labute approximate surface area is 125 Å². The predicted octanol–water partition coefficient (Wildman–Crippen LogP) is 4.01. The van der Waals surface area contributed by atoms with Gasteiger partial charge < -0.3 is 9.47 Å². The van der Waals surface area contributed by atoms with Crippen LogP contribution in [0.5, 0.6) is 11.5 Å². The second kappa shape index (κ2) is 5.92. The summed E-state index contributed by atoms with van der Waals surface area (Å²) in [7, 11) is 3.26. The maximum absolute atomic E-state index is 12.4. The van der Waals surface area contributed by atoms with Crippen LogP contribution in [-0.2, 0) is 4.79 Å². The molecular formula is C18H22O3. The molecule has 0 aromatic heterocycles. The molecule has 0 bridgehead atoms. The molecule has 2 aliphatic carbocycles. The minimum Gasteiger partial charge on any atom is -0.493 e. The molecule has 1 fully saturated rings. The number of benzene rings is 1. The molecule has 112 valence electrons. The zero-order valence-corrected chi connectivity index (χ0v) is 12.8. The van der Waals surface area contributed by atoms with Crippen LogP contribution in [0, 0.1) is 5.92 Å². The number of hydrogen-bond donors (Lipinski definition) is 0. The Hall–Kier alpha value is -1.77. The molecule has 0 heterocycles. The number of carbonyl (C=O) groups is 1. The van der Waals surface area contributed by atoms with Gasteiger partial charge in [0.15, 0.2) is 17.3 Å². The second-order valence-corrected chi connectivity index (χ2v) is 5.87. The number of hydrogen-bond acceptors (Lipinski definition) is 3. The van der Waals surface area contributed by atoms with Gasteiger partial charge in [-0.05, 0) is 42.9 Å². The lowest BCUT2D eigenvalue weighted by molar-refractivity contribution is -0.113. The first-order valence-corrected chi connectivity index (χ1v) is 7.73. The highest BCUT2D eigenvalue weighted by Gasteiger charge is 2.31. The predicted molar refractivity (Wildman–Crippen MR) is 82.7 cm³/mol. The van der Waals surface area contributed by atoms with Gasteiger partial charge in [-0.1, -0.05) is 24.5 Å². The number of allylic oxidation sites excluding steroid dienone is 2. The minimum absolute atomic E-state index is 0.282. The van der Waals surface area contributed by atoms with E-state index in [-0.39, 0.29) is 5.78 Å². The molecule has 0 unspecified atom stereocenters. The van der Waals surface area contributed by atoms with Crippen molar-refractivity contribution in [2.24, 2.45) is 5.92 Å². The van der Waals surface area contributed by atoms with Gasteiger partial charge >= 0.3 is 0 Å². The fourth-order valence-electron chi connectivity index (χ4n) is 3.70. The van der Waals surface area contributed by atoms with Crippen LogP contribution < -0.4 is 9.47 Å². The van der Waals surface area contributed by atoms with Crippen LogP contribution in [-0.4, -0.2) is 20.0 Å². The summed E-state index contributed by atoms with van der Waals surface area (Å²) in [4.78, 5) is 12.4. The molecule has 3 heteroatoms. The van der Waals surface area contributed by atoms with Gasteiger partial charge in [0.05, 0.1) is 14.2 Å². The molecule has 1 aromatic carbocycles. The first kappa shape index (κ1) is 14.2. The van der Waals surface area contributed by atoms with E-state index in [1.54, 1.807) is 14.2 Å². The van der Waals surface area contributed by atoms with E-state index in [0.29, 0.717) is 23.8 Å². The first-order valence-electron chi connectivity index (χ1n) is 7.73. The third-order valence-electron chi connectivity index (χ3n) is 4.74. The Morgan fingerprint density at radius 3 is 2.38 bits per heavy atom. The van der Waals surface area contributed by atoms with Crippen molar-refractivity contribution in [2.45, 2.75) is 38.5 Å². The van der Waals surface area contributed by atoms with Crippen molar-refractivity contribution in [3.63, 3.8) is 0 Å². The van der Waals surface area contributed by atoms with Gasteiger partial charge in [-0.25, -0.2) is 0 Å². The van der Waals surface area contributed by atoms with Crippen molar-refractivity contribution in [3.8, 4) is 11.5 Å². The first-order chi connectivity index (χ1) is 10.2. The summed E-state index contributed by atoms with van der Waals surface area (Å²) < 4.78 is 10.7. The molecule has 3 rings (SSSR count). The highest BCUT2D eigenvalue weighted by Crippen LogP contribution is 2.43. The molecule has 0 aliphatic heterocycles. The van der Waals surface area contributed by atoms with Crippen molar-refractivity contribution in [2.75, 3.05) is 14.2 Å². The normalized spacial score (nSPS) is 19.4. The summed E-state index contributed by atoms with van der Waals surface area (Å²) in [6.07, 6.45) is 6.66. The van der Waals surface area contributed by atoms with Crippen LogP contribution in [0.3, 0.4) is 0 Å². The van der Waals surface area contributed by atoms with E-state index in [2.05, 4.69) is 0 Å². The van der Waals surface area contributed by atoms with Crippen LogP contribution in [0.4, 0.5) is 0 Å². The summed E-state index contributed by atoms with van der Waals surface area (Å²) >= 11 is 0. The summed E-state index contributed by atoms with van der Waals surface area (Å²) in [5.74, 6) is 2.28. The van der Waals surface area contributed by atoms with Crippen molar-refractivity contribution in [3.05, 3.63) is 29.3 Å². The molecule has 3 nitrogen and oxygen atoms in total. The van der Waals surface area contributed by atoms with E-state index in [4.69, 9.17) is 9.47 Å². The van der Waals surface area contributed by atoms with Crippen LogP contribution in [0.25, 0.3) is 5.57 Å². The molecule has 0 spiro atoms. The van der Waals surface area contributed by atoms with Gasteiger partial charge in [0, 0.05) is 12.0 Å². The highest BCUT2D eigenvalue weighted by atomic mass is 16.5. The van der Waals surface area contributed by atoms with Gasteiger partial charge in [0.25, 0.3) is 0 Å². The summed E-state index contributed by atoms with van der Waals surface area (Å²) in [6, 6.07) is 5.81. The van der Waals surface area contributed by atoms with Crippen LogP contribution in [0.2, 0.25) is 0 Å². The number of ether oxygens (including phenoxy) is 2. The maximum atomic E-state index is 12.4. The Bertz CT molecular complexity index is 580. The van der Waals surface area contributed by atoms with Gasteiger partial charge in [-0.3, -0.25) is 4.79 Å². The van der Waals surface area contributed by atoms with Gasteiger partial charge in [-0.15, -0.1) is 0 Å². The molecule has 0 saturated heterocycles. The smallest absolute Gasteiger partial charge is 0.163 e. The largest absolute Gasteiger partial charge is 0.493 e. The summed E-state index contributed by atoms with van der Waals surface area (Å²) in [6.45, 7) is 0. The van der Waals surface area contributed by atoms with Crippen molar-refractivity contribution >= 4 is 11.4 Å². The average Bonchev–Trinajstić information content (AvgIpc) is 3.15. The molecule has 0 N–H and O–H groups in total. The number of Topliss-reactive ketones (excluding diaryl/α,β-unsaturated/α-hetero) is 1. The van der Waals surface area contributed by atoms with Crippen LogP contribution in [0.1, 0.15) is 44.1 Å². The van der Waals surface area contributed by atoms with Crippen molar-refractivity contribution in [1.29, 1.82) is 0 Å². The summed E-state index contributed by atoms with van der Waals surface area (Å²) in [5.41, 5.74) is 3.31. The lowest BCUT2D eigenvalue weighted by Gasteiger charge is -2.15. The fourth-order valence-corrected chi connectivity index (χ4v) is 3.70. The van der Waals surface area contributed by atoms with Crippen molar-refractivity contribution in [1.82, 2.24) is 0 Å². The molecule has 1 aromatic rings. The number of ketones is 1. The zero-order chi connectivity index (χ0) is 14.8. The molecule has 2 aliphatic rings. The zero-order valence-electron chi connectivity index (χ0n) is 12.8. The van der Waals surface area contributed by atoms with E-state index in [9.17, 15) is 4.79 Å². The Kier molecular flexibility index (Phi) is 4.00. The topological polar surface area (TPSA) is 35.5 Å². The Morgan fingerprint density at radius 2 is 1.71 bits per heavy atom. The Balaban J connectivity index is 2.03. The monoisotopic (exact) mass is 286 g/mol. The van der Waals surface area contributed by atoms with E-state index < -0.39 is 0 Å². The highest BCUT2D eigenvalue weighted by molar-refractivity contribution is 6.24. The van der Waals surface area contributed by atoms with E-state index >= 15 is 0 Å². The molecular weight excluding hydrogens is 264 g/mol. The van der Waals surface area contributed by atoms with E-state index in [1.165, 1.54) is 31.3 Å². The lowest BCUT2D eigenvalue weighted by Crippen LogP contribution is -2.02. The molecule has 0 atom stereocenters. The van der Waals surface area contributed by atoms with Gasteiger partial charge in [0.1, 0.15) is 0 Å². The molecule has 1 saturated carbocycles. The van der Waals surface area contributed by atoms with E-state index in [0.717, 1.165) is 17.6 Å². The number of carbonyl (C=O) groups excluding carboxylic acids is 1. The average molecular weight is 286 g/mol.